The van der Waals surface area contributed by atoms with E-state index in [1.807, 2.05) is 25.1 Å². The van der Waals surface area contributed by atoms with Gasteiger partial charge in [0, 0.05) is 6.54 Å². The number of sulfonamides is 1. The largest absolute Gasteiger partial charge is 0.492 e. The minimum absolute atomic E-state index is 0.0833. The van der Waals surface area contributed by atoms with Crippen molar-refractivity contribution in [3.63, 3.8) is 0 Å². The van der Waals surface area contributed by atoms with Crippen molar-refractivity contribution >= 4 is 21.6 Å². The van der Waals surface area contributed by atoms with Crippen LogP contribution in [-0.4, -0.2) is 46.9 Å². The van der Waals surface area contributed by atoms with E-state index >= 15 is 0 Å². The van der Waals surface area contributed by atoms with Crippen molar-refractivity contribution in [1.29, 1.82) is 0 Å². The van der Waals surface area contributed by atoms with Crippen LogP contribution in [0, 0.1) is 0 Å². The first-order valence-corrected chi connectivity index (χ1v) is 10.4. The average molecular weight is 392 g/mol. The SMILES string of the molecule is CCOc1ccccc1N(CCNC(=O)COc1ccccc1)S(C)(=O)=O. The number of rotatable bonds is 10. The van der Waals surface area contributed by atoms with Crippen LogP contribution in [0.1, 0.15) is 6.92 Å². The molecule has 8 heteroatoms. The number of nitrogens with zero attached hydrogens (tertiary/aromatic N) is 1. The van der Waals surface area contributed by atoms with E-state index in [4.69, 9.17) is 9.47 Å². The molecule has 2 rings (SSSR count). The van der Waals surface area contributed by atoms with E-state index in [-0.39, 0.29) is 25.6 Å². The summed E-state index contributed by atoms with van der Waals surface area (Å²) in [5.74, 6) is 0.741. The van der Waals surface area contributed by atoms with Crippen molar-refractivity contribution in [2.75, 3.05) is 36.9 Å². The first-order valence-electron chi connectivity index (χ1n) is 8.56. The Morgan fingerprint density at radius 2 is 1.70 bits per heavy atom. The number of hydrogen-bond donors (Lipinski definition) is 1. The zero-order valence-electron chi connectivity index (χ0n) is 15.4. The maximum atomic E-state index is 12.2. The van der Waals surface area contributed by atoms with Gasteiger partial charge in [-0.3, -0.25) is 9.10 Å². The smallest absolute Gasteiger partial charge is 0.258 e. The van der Waals surface area contributed by atoms with Crippen LogP contribution in [0.25, 0.3) is 0 Å². The summed E-state index contributed by atoms with van der Waals surface area (Å²) in [6, 6.07) is 15.9. The second kappa shape index (κ2) is 9.82. The molecule has 0 unspecified atom stereocenters. The van der Waals surface area contributed by atoms with E-state index in [0.717, 1.165) is 6.26 Å². The number of carbonyl (C=O) groups is 1. The summed E-state index contributed by atoms with van der Waals surface area (Å²) in [6.07, 6.45) is 1.12. The topological polar surface area (TPSA) is 84.9 Å². The van der Waals surface area contributed by atoms with Gasteiger partial charge in [0.1, 0.15) is 11.5 Å². The molecule has 0 radical (unpaired) electrons. The number of benzene rings is 2. The lowest BCUT2D eigenvalue weighted by molar-refractivity contribution is -0.123. The van der Waals surface area contributed by atoms with Gasteiger partial charge in [-0.15, -0.1) is 0 Å². The number of anilines is 1. The molecule has 0 aliphatic rings. The quantitative estimate of drug-likeness (QED) is 0.669. The third kappa shape index (κ3) is 6.49. The molecule has 1 amide bonds. The molecule has 0 spiro atoms. The maximum Gasteiger partial charge on any atom is 0.258 e. The van der Waals surface area contributed by atoms with Crippen LogP contribution in [-0.2, 0) is 14.8 Å². The molecule has 0 saturated carbocycles. The zero-order chi connectivity index (χ0) is 19.7. The molecule has 0 aliphatic carbocycles. The van der Waals surface area contributed by atoms with Crippen molar-refractivity contribution < 1.29 is 22.7 Å². The maximum absolute atomic E-state index is 12.2. The summed E-state index contributed by atoms with van der Waals surface area (Å²) < 4.78 is 36.5. The summed E-state index contributed by atoms with van der Waals surface area (Å²) in [5, 5.41) is 2.67. The minimum atomic E-state index is -3.54. The molecule has 0 aliphatic heterocycles. The van der Waals surface area contributed by atoms with Gasteiger partial charge >= 0.3 is 0 Å². The Morgan fingerprint density at radius 3 is 2.37 bits per heavy atom. The van der Waals surface area contributed by atoms with Gasteiger partial charge in [0.15, 0.2) is 6.61 Å². The molecule has 0 fully saturated rings. The van der Waals surface area contributed by atoms with Crippen molar-refractivity contribution in [3.05, 3.63) is 54.6 Å². The van der Waals surface area contributed by atoms with Gasteiger partial charge in [0.2, 0.25) is 10.0 Å². The minimum Gasteiger partial charge on any atom is -0.492 e. The zero-order valence-corrected chi connectivity index (χ0v) is 16.2. The lowest BCUT2D eigenvalue weighted by Gasteiger charge is -2.24. The highest BCUT2D eigenvalue weighted by Crippen LogP contribution is 2.29. The van der Waals surface area contributed by atoms with Gasteiger partial charge in [-0.2, -0.15) is 0 Å². The molecule has 2 aromatic carbocycles. The molecule has 146 valence electrons. The first-order chi connectivity index (χ1) is 12.9. The van der Waals surface area contributed by atoms with E-state index in [1.165, 1.54) is 4.31 Å². The summed E-state index contributed by atoms with van der Waals surface area (Å²) >= 11 is 0. The van der Waals surface area contributed by atoms with Crippen LogP contribution in [0.3, 0.4) is 0 Å². The Kier molecular flexibility index (Phi) is 7.48. The normalized spacial score (nSPS) is 10.9. The molecule has 0 saturated heterocycles. The Balaban J connectivity index is 1.95. The molecule has 27 heavy (non-hydrogen) atoms. The molecule has 7 nitrogen and oxygen atoms in total. The molecule has 0 bridgehead atoms. The standard InChI is InChI=1S/C19H24N2O5S/c1-3-25-18-12-8-7-11-17(18)21(27(2,23)24)14-13-20-19(22)15-26-16-9-5-4-6-10-16/h4-12H,3,13-15H2,1-2H3,(H,20,22). The van der Waals surface area contributed by atoms with Gasteiger partial charge in [0.25, 0.3) is 5.91 Å². The third-order valence-corrected chi connectivity index (χ3v) is 4.76. The second-order valence-corrected chi connectivity index (χ2v) is 7.59. The van der Waals surface area contributed by atoms with E-state index in [2.05, 4.69) is 5.32 Å². The van der Waals surface area contributed by atoms with Crippen LogP contribution < -0.4 is 19.1 Å². The molecule has 1 N–H and O–H groups in total. The van der Waals surface area contributed by atoms with Crippen molar-refractivity contribution in [2.45, 2.75) is 6.92 Å². The molecule has 0 aromatic heterocycles. The fourth-order valence-corrected chi connectivity index (χ4v) is 3.35. The lowest BCUT2D eigenvalue weighted by Crippen LogP contribution is -2.39. The highest BCUT2D eigenvalue weighted by molar-refractivity contribution is 7.92. The number of hydrogen-bond acceptors (Lipinski definition) is 5. The fraction of sp³-hybridized carbons (Fsp3) is 0.316. The number of carbonyl (C=O) groups excluding carboxylic acids is 1. The number of ether oxygens (including phenoxy) is 2. The van der Waals surface area contributed by atoms with Gasteiger partial charge in [-0.05, 0) is 31.2 Å². The summed E-state index contributed by atoms with van der Waals surface area (Å²) in [6.45, 7) is 2.33. The highest BCUT2D eigenvalue weighted by Gasteiger charge is 2.21. The number of nitrogens with one attached hydrogen (secondary N) is 1. The lowest BCUT2D eigenvalue weighted by atomic mass is 10.3. The van der Waals surface area contributed by atoms with Crippen LogP contribution >= 0.6 is 0 Å². The summed E-state index contributed by atoms with van der Waals surface area (Å²) in [4.78, 5) is 11.9. The Morgan fingerprint density at radius 1 is 1.04 bits per heavy atom. The molecule has 2 aromatic rings. The van der Waals surface area contributed by atoms with E-state index in [0.29, 0.717) is 23.8 Å². The number of para-hydroxylation sites is 3. The molecule has 0 heterocycles. The Labute approximate surface area is 160 Å². The van der Waals surface area contributed by atoms with E-state index < -0.39 is 10.0 Å². The molecular formula is C19H24N2O5S. The van der Waals surface area contributed by atoms with Crippen molar-refractivity contribution in [2.24, 2.45) is 0 Å². The van der Waals surface area contributed by atoms with Crippen molar-refractivity contribution in [1.82, 2.24) is 5.32 Å². The van der Waals surface area contributed by atoms with E-state index in [1.54, 1.807) is 36.4 Å². The van der Waals surface area contributed by atoms with Gasteiger partial charge in [0.05, 0.1) is 25.1 Å². The molecule has 0 atom stereocenters. The third-order valence-electron chi connectivity index (χ3n) is 3.58. The Bertz CT molecular complexity index is 840. The van der Waals surface area contributed by atoms with Crippen LogP contribution in [0.15, 0.2) is 54.6 Å². The molecular weight excluding hydrogens is 368 g/mol. The Hall–Kier alpha value is -2.74. The second-order valence-electron chi connectivity index (χ2n) is 5.69. The van der Waals surface area contributed by atoms with Crippen molar-refractivity contribution in [3.8, 4) is 11.5 Å². The van der Waals surface area contributed by atoms with Gasteiger partial charge < -0.3 is 14.8 Å². The van der Waals surface area contributed by atoms with Gasteiger partial charge in [-0.1, -0.05) is 30.3 Å². The monoisotopic (exact) mass is 392 g/mol. The number of amides is 1. The highest BCUT2D eigenvalue weighted by atomic mass is 32.2. The average Bonchev–Trinajstić information content (AvgIpc) is 2.64. The van der Waals surface area contributed by atoms with E-state index in [9.17, 15) is 13.2 Å². The summed E-state index contributed by atoms with van der Waals surface area (Å²) in [5.41, 5.74) is 0.441. The first kappa shape index (κ1) is 20.6. The van der Waals surface area contributed by atoms with Gasteiger partial charge in [-0.25, -0.2) is 8.42 Å². The predicted molar refractivity (Wildman–Crippen MR) is 105 cm³/mol. The predicted octanol–water partition coefficient (Wildman–Crippen LogP) is 2.05. The summed E-state index contributed by atoms with van der Waals surface area (Å²) in [7, 11) is -3.54. The van der Waals surface area contributed by atoms with Crippen LogP contribution in [0.4, 0.5) is 5.69 Å². The fourth-order valence-electron chi connectivity index (χ4n) is 2.42. The van der Waals surface area contributed by atoms with Crippen LogP contribution in [0.5, 0.6) is 11.5 Å². The van der Waals surface area contributed by atoms with Crippen LogP contribution in [0.2, 0.25) is 0 Å².